The van der Waals surface area contributed by atoms with Gasteiger partial charge in [0, 0.05) is 6.42 Å². The van der Waals surface area contributed by atoms with Crippen LogP contribution in [-0.4, -0.2) is 50.1 Å². The lowest BCUT2D eigenvalue weighted by atomic mass is 10.1. The van der Waals surface area contributed by atoms with Crippen LogP contribution in [-0.2, 0) is 28.7 Å². The molecule has 0 saturated carbocycles. The number of hydrogen-bond donors (Lipinski definition) is 2. The number of carbonyl (C=O) groups is 4. The van der Waals surface area contributed by atoms with Crippen molar-refractivity contribution in [2.75, 3.05) is 14.2 Å². The minimum absolute atomic E-state index is 0.220. The fraction of sp³-hybridized carbons (Fsp3) is 0.636. The van der Waals surface area contributed by atoms with Gasteiger partial charge in [-0.25, -0.2) is 4.79 Å². The van der Waals surface area contributed by atoms with Crippen LogP contribution in [0.2, 0.25) is 0 Å². The van der Waals surface area contributed by atoms with Crippen molar-refractivity contribution in [3.05, 3.63) is 0 Å². The molecule has 2 atom stereocenters. The first-order valence-corrected chi connectivity index (χ1v) is 5.72. The summed E-state index contributed by atoms with van der Waals surface area (Å²) in [5.41, 5.74) is 0. The number of rotatable bonds is 5. The highest BCUT2D eigenvalue weighted by Gasteiger charge is 2.31. The normalized spacial score (nSPS) is 19.3. The van der Waals surface area contributed by atoms with Crippen molar-refractivity contribution >= 4 is 23.8 Å². The van der Waals surface area contributed by atoms with E-state index in [1.54, 1.807) is 0 Å². The molecule has 19 heavy (non-hydrogen) atoms. The van der Waals surface area contributed by atoms with E-state index in [1.807, 2.05) is 0 Å². The number of nitrogens with one attached hydrogen (secondary N) is 2. The molecule has 0 aromatic heterocycles. The smallest absolute Gasteiger partial charge is 0.328 e. The van der Waals surface area contributed by atoms with E-state index >= 15 is 0 Å². The lowest BCUT2D eigenvalue weighted by Crippen LogP contribution is -2.49. The zero-order valence-electron chi connectivity index (χ0n) is 10.7. The summed E-state index contributed by atoms with van der Waals surface area (Å²) in [6.07, 6.45) is 0.296. The molecule has 1 fully saturated rings. The average molecular weight is 272 g/mol. The molecule has 1 rings (SSSR count). The van der Waals surface area contributed by atoms with Gasteiger partial charge in [-0.3, -0.25) is 14.4 Å². The van der Waals surface area contributed by atoms with Crippen LogP contribution in [0.4, 0.5) is 0 Å². The summed E-state index contributed by atoms with van der Waals surface area (Å²) < 4.78 is 8.93. The molecule has 1 saturated heterocycles. The van der Waals surface area contributed by atoms with Crippen molar-refractivity contribution in [1.82, 2.24) is 10.6 Å². The molecular formula is C11H16N2O6. The molecule has 1 aliphatic heterocycles. The molecule has 0 spiro atoms. The van der Waals surface area contributed by atoms with Crippen molar-refractivity contribution in [2.45, 2.75) is 31.3 Å². The molecule has 0 aliphatic carbocycles. The molecule has 0 radical (unpaired) electrons. The number of amides is 2. The summed E-state index contributed by atoms with van der Waals surface area (Å²) >= 11 is 0. The topological polar surface area (TPSA) is 111 Å². The van der Waals surface area contributed by atoms with Gasteiger partial charge in [0.15, 0.2) is 0 Å². The summed E-state index contributed by atoms with van der Waals surface area (Å²) in [7, 11) is 2.33. The Morgan fingerprint density at radius 2 is 2.05 bits per heavy atom. The molecule has 8 nitrogen and oxygen atoms in total. The first-order chi connectivity index (χ1) is 8.97. The standard InChI is InChI=1S/C11H16N2O6/c1-18-9(15)5-7(11(17)19-2)13-10(16)6-3-4-8(14)12-6/h6-7H,3-5H2,1-2H3,(H,12,14)(H,13,16)/t6-,7+/m1/s1. The van der Waals surface area contributed by atoms with Gasteiger partial charge in [-0.2, -0.15) is 0 Å². The van der Waals surface area contributed by atoms with Crippen LogP contribution < -0.4 is 10.6 Å². The van der Waals surface area contributed by atoms with Crippen LogP contribution >= 0.6 is 0 Å². The van der Waals surface area contributed by atoms with Gasteiger partial charge < -0.3 is 20.1 Å². The van der Waals surface area contributed by atoms with Crippen LogP contribution in [0.3, 0.4) is 0 Å². The summed E-state index contributed by atoms with van der Waals surface area (Å²) in [5, 5.41) is 4.83. The third-order valence-electron chi connectivity index (χ3n) is 2.71. The number of esters is 2. The van der Waals surface area contributed by atoms with Gasteiger partial charge in [0.1, 0.15) is 12.1 Å². The van der Waals surface area contributed by atoms with Gasteiger partial charge >= 0.3 is 11.9 Å². The predicted molar refractivity (Wildman–Crippen MR) is 61.7 cm³/mol. The maximum absolute atomic E-state index is 11.8. The molecule has 106 valence electrons. The molecule has 0 bridgehead atoms. The maximum atomic E-state index is 11.8. The fourth-order valence-corrected chi connectivity index (χ4v) is 1.67. The molecule has 0 aromatic rings. The Morgan fingerprint density at radius 3 is 2.53 bits per heavy atom. The Bertz CT molecular complexity index is 395. The summed E-state index contributed by atoms with van der Waals surface area (Å²) in [5.74, 6) is -2.14. The molecule has 2 N–H and O–H groups in total. The number of hydrogen-bond acceptors (Lipinski definition) is 6. The van der Waals surface area contributed by atoms with Crippen LogP contribution in [0.1, 0.15) is 19.3 Å². The molecule has 0 unspecified atom stereocenters. The van der Waals surface area contributed by atoms with Crippen molar-refractivity contribution < 1.29 is 28.7 Å². The van der Waals surface area contributed by atoms with Crippen LogP contribution in [0.25, 0.3) is 0 Å². The number of carbonyl (C=O) groups excluding carboxylic acids is 4. The van der Waals surface area contributed by atoms with Crippen molar-refractivity contribution in [1.29, 1.82) is 0 Å². The van der Waals surface area contributed by atoms with E-state index in [0.29, 0.717) is 6.42 Å². The van der Waals surface area contributed by atoms with Crippen molar-refractivity contribution in [2.24, 2.45) is 0 Å². The van der Waals surface area contributed by atoms with Gasteiger partial charge in [-0.1, -0.05) is 0 Å². The lowest BCUT2D eigenvalue weighted by molar-refractivity contribution is -0.150. The van der Waals surface area contributed by atoms with Gasteiger partial charge in [-0.15, -0.1) is 0 Å². The molecule has 8 heteroatoms. The summed E-state index contributed by atoms with van der Waals surface area (Å²) in [6.45, 7) is 0. The third kappa shape index (κ3) is 4.23. The van der Waals surface area contributed by atoms with Gasteiger partial charge in [0.2, 0.25) is 11.8 Å². The Morgan fingerprint density at radius 1 is 1.37 bits per heavy atom. The highest BCUT2D eigenvalue weighted by molar-refractivity contribution is 5.94. The largest absolute Gasteiger partial charge is 0.469 e. The van der Waals surface area contributed by atoms with Crippen LogP contribution in [0.5, 0.6) is 0 Å². The minimum Gasteiger partial charge on any atom is -0.469 e. The maximum Gasteiger partial charge on any atom is 0.328 e. The Balaban J connectivity index is 2.61. The second kappa shape index (κ2) is 6.72. The molecule has 1 heterocycles. The van der Waals surface area contributed by atoms with E-state index in [4.69, 9.17) is 0 Å². The number of ether oxygens (including phenoxy) is 2. The van der Waals surface area contributed by atoms with Gasteiger partial charge in [-0.05, 0) is 6.42 Å². The SMILES string of the molecule is COC(=O)C[C@H](NC(=O)[C@H]1CCC(=O)N1)C(=O)OC. The highest BCUT2D eigenvalue weighted by atomic mass is 16.5. The fourth-order valence-electron chi connectivity index (χ4n) is 1.67. The number of methoxy groups -OCH3 is 2. The highest BCUT2D eigenvalue weighted by Crippen LogP contribution is 2.07. The van der Waals surface area contributed by atoms with Gasteiger partial charge in [0.05, 0.1) is 20.6 Å². The average Bonchev–Trinajstić information content (AvgIpc) is 2.83. The van der Waals surface area contributed by atoms with Crippen LogP contribution in [0.15, 0.2) is 0 Å². The van der Waals surface area contributed by atoms with E-state index < -0.39 is 29.9 Å². The van der Waals surface area contributed by atoms with E-state index in [0.717, 1.165) is 7.11 Å². The van der Waals surface area contributed by atoms with Crippen LogP contribution in [0, 0.1) is 0 Å². The first-order valence-electron chi connectivity index (χ1n) is 5.72. The zero-order chi connectivity index (χ0) is 14.4. The Labute approximate surface area is 109 Å². The van der Waals surface area contributed by atoms with E-state index in [-0.39, 0.29) is 18.7 Å². The zero-order valence-corrected chi connectivity index (χ0v) is 10.7. The quantitative estimate of drug-likeness (QED) is 0.588. The monoisotopic (exact) mass is 272 g/mol. The molecule has 1 aliphatic rings. The molecule has 2 amide bonds. The summed E-state index contributed by atoms with van der Waals surface area (Å²) in [4.78, 5) is 45.4. The van der Waals surface area contributed by atoms with E-state index in [1.165, 1.54) is 7.11 Å². The van der Waals surface area contributed by atoms with Crippen molar-refractivity contribution in [3.8, 4) is 0 Å². The van der Waals surface area contributed by atoms with E-state index in [2.05, 4.69) is 20.1 Å². The molecule has 0 aromatic carbocycles. The Hall–Kier alpha value is -2.12. The first kappa shape index (κ1) is 14.9. The molecular weight excluding hydrogens is 256 g/mol. The van der Waals surface area contributed by atoms with Gasteiger partial charge in [0.25, 0.3) is 0 Å². The minimum atomic E-state index is -1.12. The predicted octanol–water partition coefficient (Wildman–Crippen LogP) is -1.51. The van der Waals surface area contributed by atoms with E-state index in [9.17, 15) is 19.2 Å². The lowest BCUT2D eigenvalue weighted by Gasteiger charge is -2.17. The summed E-state index contributed by atoms with van der Waals surface area (Å²) in [6, 6.07) is -1.81. The van der Waals surface area contributed by atoms with Crippen molar-refractivity contribution in [3.63, 3.8) is 0 Å². The Kier molecular flexibility index (Phi) is 5.28. The second-order valence-corrected chi connectivity index (χ2v) is 4.02. The second-order valence-electron chi connectivity index (χ2n) is 4.02. The third-order valence-corrected chi connectivity index (χ3v) is 2.71.